The molecule has 90 valence electrons. The number of hydrogen-bond donors (Lipinski definition) is 0. The van der Waals surface area contributed by atoms with E-state index in [0.717, 1.165) is 25.7 Å². The highest BCUT2D eigenvalue weighted by Gasteiger charge is 2.25. The molecule has 0 saturated carbocycles. The molecule has 0 rings (SSSR count). The smallest absolute Gasteiger partial charge is 0.333 e. The molecule has 15 heavy (non-hydrogen) atoms. The lowest BCUT2D eigenvalue weighted by atomic mass is 9.96. The molecule has 1 atom stereocenters. The van der Waals surface area contributed by atoms with E-state index in [1.807, 2.05) is 13.8 Å². The van der Waals surface area contributed by atoms with Gasteiger partial charge in [-0.05, 0) is 33.1 Å². The Morgan fingerprint density at radius 3 is 2.27 bits per heavy atom. The monoisotopic (exact) mass is 278 g/mol. The van der Waals surface area contributed by atoms with Crippen LogP contribution >= 0.6 is 17.0 Å². The Kier molecular flexibility index (Phi) is 9.02. The molecular formula is C12H23BrO2. The molecule has 0 aliphatic rings. The van der Waals surface area contributed by atoms with Crippen LogP contribution in [-0.4, -0.2) is 11.6 Å². The van der Waals surface area contributed by atoms with Crippen LogP contribution < -0.4 is 0 Å². The summed E-state index contributed by atoms with van der Waals surface area (Å²) in [4.78, 5) is 11.4. The van der Waals surface area contributed by atoms with Gasteiger partial charge < -0.3 is 4.74 Å². The summed E-state index contributed by atoms with van der Waals surface area (Å²) < 4.78 is 5.41. The van der Waals surface area contributed by atoms with E-state index in [9.17, 15) is 4.79 Å². The SMILES string of the molecule is Br.C=C(C)C(=O)OC(C)(CC)CCCC. The fourth-order valence-corrected chi connectivity index (χ4v) is 1.16. The van der Waals surface area contributed by atoms with E-state index < -0.39 is 0 Å². The van der Waals surface area contributed by atoms with E-state index in [0.29, 0.717) is 5.57 Å². The molecule has 0 radical (unpaired) electrons. The van der Waals surface area contributed by atoms with Crippen molar-refractivity contribution in [3.05, 3.63) is 12.2 Å². The van der Waals surface area contributed by atoms with Crippen molar-refractivity contribution in [1.29, 1.82) is 0 Å². The molecule has 0 aliphatic carbocycles. The van der Waals surface area contributed by atoms with Crippen LogP contribution in [-0.2, 0) is 9.53 Å². The van der Waals surface area contributed by atoms with E-state index >= 15 is 0 Å². The van der Waals surface area contributed by atoms with Gasteiger partial charge in [-0.25, -0.2) is 4.79 Å². The number of ether oxygens (including phenoxy) is 1. The Balaban J connectivity index is 0. The zero-order chi connectivity index (χ0) is 11.2. The van der Waals surface area contributed by atoms with Crippen molar-refractivity contribution in [1.82, 2.24) is 0 Å². The van der Waals surface area contributed by atoms with Crippen LogP contribution in [0.1, 0.15) is 53.4 Å². The topological polar surface area (TPSA) is 26.3 Å². The standard InChI is InChI=1S/C12H22O2.BrH/c1-6-8-9-12(5,7-2)14-11(13)10(3)4;/h3,6-9H2,1-2,4-5H3;1H. The maximum absolute atomic E-state index is 11.4. The third-order valence-electron chi connectivity index (χ3n) is 2.49. The zero-order valence-corrected chi connectivity index (χ0v) is 12.0. The minimum Gasteiger partial charge on any atom is -0.456 e. The molecule has 0 spiro atoms. The van der Waals surface area contributed by atoms with Crippen LogP contribution in [0.4, 0.5) is 0 Å². The number of esters is 1. The van der Waals surface area contributed by atoms with Gasteiger partial charge in [-0.2, -0.15) is 0 Å². The van der Waals surface area contributed by atoms with Crippen LogP contribution in [0.15, 0.2) is 12.2 Å². The predicted molar refractivity (Wildman–Crippen MR) is 69.4 cm³/mol. The average molecular weight is 279 g/mol. The van der Waals surface area contributed by atoms with Gasteiger partial charge >= 0.3 is 5.97 Å². The van der Waals surface area contributed by atoms with Gasteiger partial charge in [0, 0.05) is 5.57 Å². The summed E-state index contributed by atoms with van der Waals surface area (Å²) >= 11 is 0. The number of carbonyl (C=O) groups excluding carboxylic acids is 1. The maximum Gasteiger partial charge on any atom is 0.333 e. The van der Waals surface area contributed by atoms with Crippen molar-refractivity contribution in [2.75, 3.05) is 0 Å². The van der Waals surface area contributed by atoms with E-state index in [4.69, 9.17) is 4.74 Å². The van der Waals surface area contributed by atoms with Crippen molar-refractivity contribution < 1.29 is 9.53 Å². The molecule has 0 N–H and O–H groups in total. The van der Waals surface area contributed by atoms with Gasteiger partial charge in [-0.15, -0.1) is 17.0 Å². The highest BCUT2D eigenvalue weighted by atomic mass is 79.9. The molecule has 0 saturated heterocycles. The summed E-state index contributed by atoms with van der Waals surface area (Å²) in [5.74, 6) is -0.273. The molecule has 0 heterocycles. The minimum absolute atomic E-state index is 0. The molecule has 0 aliphatic heterocycles. The van der Waals surface area contributed by atoms with Crippen LogP contribution in [0.25, 0.3) is 0 Å². The third kappa shape index (κ3) is 6.72. The summed E-state index contributed by atoms with van der Waals surface area (Å²) in [5.41, 5.74) is 0.160. The molecule has 1 unspecified atom stereocenters. The zero-order valence-electron chi connectivity index (χ0n) is 10.3. The Morgan fingerprint density at radius 1 is 1.40 bits per heavy atom. The Morgan fingerprint density at radius 2 is 1.93 bits per heavy atom. The molecule has 0 amide bonds. The summed E-state index contributed by atoms with van der Waals surface area (Å²) in [6, 6.07) is 0. The number of carbonyl (C=O) groups is 1. The van der Waals surface area contributed by atoms with Crippen molar-refractivity contribution in [2.24, 2.45) is 0 Å². The fourth-order valence-electron chi connectivity index (χ4n) is 1.16. The van der Waals surface area contributed by atoms with Gasteiger partial charge in [-0.3, -0.25) is 0 Å². The first-order valence-electron chi connectivity index (χ1n) is 5.34. The Labute approximate surface area is 104 Å². The van der Waals surface area contributed by atoms with Crippen molar-refractivity contribution in [3.8, 4) is 0 Å². The van der Waals surface area contributed by atoms with Gasteiger partial charge in [0.2, 0.25) is 0 Å². The second-order valence-corrected chi connectivity index (χ2v) is 4.08. The molecular weight excluding hydrogens is 256 g/mol. The second-order valence-electron chi connectivity index (χ2n) is 4.08. The number of hydrogen-bond acceptors (Lipinski definition) is 2. The lowest BCUT2D eigenvalue weighted by molar-refractivity contribution is -0.154. The third-order valence-corrected chi connectivity index (χ3v) is 2.49. The number of halogens is 1. The summed E-state index contributed by atoms with van der Waals surface area (Å²) in [6.45, 7) is 11.4. The van der Waals surface area contributed by atoms with Crippen molar-refractivity contribution in [2.45, 2.75) is 59.0 Å². The summed E-state index contributed by atoms with van der Waals surface area (Å²) in [7, 11) is 0. The van der Waals surface area contributed by atoms with Crippen LogP contribution in [0.2, 0.25) is 0 Å². The van der Waals surface area contributed by atoms with Crippen LogP contribution in [0, 0.1) is 0 Å². The van der Waals surface area contributed by atoms with Gasteiger partial charge in [0.1, 0.15) is 5.60 Å². The first kappa shape index (κ1) is 17.1. The summed E-state index contributed by atoms with van der Waals surface area (Å²) in [6.07, 6.45) is 4.00. The molecule has 0 fully saturated rings. The molecule has 2 nitrogen and oxygen atoms in total. The molecule has 0 bridgehead atoms. The molecule has 0 aromatic rings. The molecule has 0 aromatic heterocycles. The van der Waals surface area contributed by atoms with E-state index in [1.165, 1.54) is 0 Å². The largest absolute Gasteiger partial charge is 0.456 e. The van der Waals surface area contributed by atoms with Gasteiger partial charge in [0.25, 0.3) is 0 Å². The lowest BCUT2D eigenvalue weighted by Gasteiger charge is -2.28. The average Bonchev–Trinajstić information content (AvgIpc) is 2.14. The molecule has 0 aromatic carbocycles. The first-order valence-corrected chi connectivity index (χ1v) is 5.34. The van der Waals surface area contributed by atoms with E-state index in [2.05, 4.69) is 13.5 Å². The number of unbranched alkanes of at least 4 members (excludes halogenated alkanes) is 1. The van der Waals surface area contributed by atoms with Gasteiger partial charge in [-0.1, -0.05) is 26.8 Å². The number of rotatable bonds is 6. The molecule has 3 heteroatoms. The Bertz CT molecular complexity index is 214. The van der Waals surface area contributed by atoms with Crippen LogP contribution in [0.3, 0.4) is 0 Å². The van der Waals surface area contributed by atoms with Crippen LogP contribution in [0.5, 0.6) is 0 Å². The summed E-state index contributed by atoms with van der Waals surface area (Å²) in [5, 5.41) is 0. The predicted octanol–water partition coefficient (Wildman–Crippen LogP) is 4.04. The Hall–Kier alpha value is -0.310. The van der Waals surface area contributed by atoms with Crippen molar-refractivity contribution >= 4 is 23.0 Å². The highest BCUT2D eigenvalue weighted by molar-refractivity contribution is 8.93. The second kappa shape index (κ2) is 7.91. The van der Waals surface area contributed by atoms with E-state index in [-0.39, 0.29) is 28.6 Å². The minimum atomic E-state index is -0.313. The normalized spacial score (nSPS) is 13.6. The fraction of sp³-hybridized carbons (Fsp3) is 0.750. The quantitative estimate of drug-likeness (QED) is 0.541. The first-order chi connectivity index (χ1) is 6.45. The lowest BCUT2D eigenvalue weighted by Crippen LogP contribution is -2.31. The van der Waals surface area contributed by atoms with E-state index in [1.54, 1.807) is 6.92 Å². The van der Waals surface area contributed by atoms with Crippen molar-refractivity contribution in [3.63, 3.8) is 0 Å². The highest BCUT2D eigenvalue weighted by Crippen LogP contribution is 2.23. The van der Waals surface area contributed by atoms with Gasteiger partial charge in [0.15, 0.2) is 0 Å². The maximum atomic E-state index is 11.4. The van der Waals surface area contributed by atoms with Gasteiger partial charge in [0.05, 0.1) is 0 Å².